The molecule has 3 rings (SSSR count). The lowest BCUT2D eigenvalue weighted by atomic mass is 10.1. The zero-order chi connectivity index (χ0) is 24.2. The van der Waals surface area contributed by atoms with Crippen LogP contribution in [0, 0.1) is 11.3 Å². The summed E-state index contributed by atoms with van der Waals surface area (Å²) in [6.45, 7) is 5.25. The molecule has 0 bridgehead atoms. The Balaban J connectivity index is 1.56. The molecule has 0 fully saturated rings. The van der Waals surface area contributed by atoms with E-state index in [1.54, 1.807) is 30.5 Å². The minimum absolute atomic E-state index is 0.215. The summed E-state index contributed by atoms with van der Waals surface area (Å²) in [5.41, 5.74) is 5.73. The number of carbonyl (C=O) groups is 1. The van der Waals surface area contributed by atoms with Crippen LogP contribution in [0.25, 0.3) is 0 Å². The molecule has 0 aliphatic carbocycles. The summed E-state index contributed by atoms with van der Waals surface area (Å²) in [7, 11) is 0. The van der Waals surface area contributed by atoms with Crippen molar-refractivity contribution in [2.24, 2.45) is 5.10 Å². The van der Waals surface area contributed by atoms with Crippen LogP contribution in [0.3, 0.4) is 0 Å². The fourth-order valence-corrected chi connectivity index (χ4v) is 3.10. The van der Waals surface area contributed by atoms with Gasteiger partial charge in [0.1, 0.15) is 12.4 Å². The fourth-order valence-electron chi connectivity index (χ4n) is 3.10. The summed E-state index contributed by atoms with van der Waals surface area (Å²) in [5, 5.41) is 13.0. The summed E-state index contributed by atoms with van der Waals surface area (Å²) in [5.74, 6) is 1.75. The van der Waals surface area contributed by atoms with E-state index < -0.39 is 0 Å². The minimum atomic E-state index is -0.215. The Morgan fingerprint density at radius 3 is 2.29 bits per heavy atom. The van der Waals surface area contributed by atoms with Crippen LogP contribution in [0.1, 0.15) is 36.1 Å². The predicted molar refractivity (Wildman–Crippen MR) is 130 cm³/mol. The summed E-state index contributed by atoms with van der Waals surface area (Å²) in [4.78, 5) is 12.2. The van der Waals surface area contributed by atoms with E-state index in [1.165, 1.54) is 0 Å². The van der Waals surface area contributed by atoms with Gasteiger partial charge >= 0.3 is 0 Å². The molecule has 0 saturated carbocycles. The van der Waals surface area contributed by atoms with Crippen LogP contribution in [-0.2, 0) is 17.8 Å². The number of nitriles is 1. The average Bonchev–Trinajstić information content (AvgIpc) is 2.85. The van der Waals surface area contributed by atoms with Crippen molar-refractivity contribution in [2.45, 2.75) is 26.9 Å². The molecule has 0 atom stereocenters. The standard InChI is InChI=1S/C27H27N3O4/c1-3-32-24-12-9-20(10-13-24)16-27(31)30-29-18-23-11-14-25(26(15-23)33-4-2)34-19-22-7-5-21(17-28)6-8-22/h5-15,18H,3-4,16,19H2,1-2H3,(H,30,31)/b29-18-. The van der Waals surface area contributed by atoms with Gasteiger partial charge in [0.2, 0.25) is 5.91 Å². The number of amides is 1. The highest BCUT2D eigenvalue weighted by Crippen LogP contribution is 2.29. The number of carbonyl (C=O) groups excluding carboxylic acids is 1. The molecule has 0 aromatic heterocycles. The molecule has 7 nitrogen and oxygen atoms in total. The third-order valence-corrected chi connectivity index (χ3v) is 4.75. The van der Waals surface area contributed by atoms with Crippen molar-refractivity contribution in [2.75, 3.05) is 13.2 Å². The van der Waals surface area contributed by atoms with Gasteiger partial charge in [-0.1, -0.05) is 24.3 Å². The molecule has 0 saturated heterocycles. The Hall–Kier alpha value is -4.31. The number of benzene rings is 3. The van der Waals surface area contributed by atoms with Gasteiger partial charge in [0.05, 0.1) is 37.5 Å². The van der Waals surface area contributed by atoms with Crippen LogP contribution in [-0.4, -0.2) is 25.3 Å². The van der Waals surface area contributed by atoms with E-state index in [0.717, 1.165) is 22.4 Å². The Morgan fingerprint density at radius 1 is 0.912 bits per heavy atom. The summed E-state index contributed by atoms with van der Waals surface area (Å²) in [6, 6.07) is 22.2. The first-order chi connectivity index (χ1) is 16.6. The molecule has 0 unspecified atom stereocenters. The van der Waals surface area contributed by atoms with Gasteiger partial charge in [-0.2, -0.15) is 10.4 Å². The van der Waals surface area contributed by atoms with E-state index in [-0.39, 0.29) is 12.3 Å². The maximum atomic E-state index is 12.2. The second kappa shape index (κ2) is 12.7. The number of nitrogens with zero attached hydrogens (tertiary/aromatic N) is 2. The molecule has 7 heteroatoms. The molecule has 0 aliphatic rings. The number of nitrogens with one attached hydrogen (secondary N) is 1. The maximum Gasteiger partial charge on any atom is 0.244 e. The number of ether oxygens (including phenoxy) is 3. The molecule has 0 spiro atoms. The summed E-state index contributed by atoms with van der Waals surface area (Å²) in [6.07, 6.45) is 1.78. The van der Waals surface area contributed by atoms with Crippen LogP contribution in [0.4, 0.5) is 0 Å². The minimum Gasteiger partial charge on any atom is -0.494 e. The van der Waals surface area contributed by atoms with Crippen LogP contribution in [0.5, 0.6) is 17.2 Å². The fraction of sp³-hybridized carbons (Fsp3) is 0.222. The van der Waals surface area contributed by atoms with Crippen LogP contribution in [0.2, 0.25) is 0 Å². The lowest BCUT2D eigenvalue weighted by Gasteiger charge is -2.12. The van der Waals surface area contributed by atoms with Gasteiger partial charge in [-0.05, 0) is 73.0 Å². The molecule has 0 heterocycles. The van der Waals surface area contributed by atoms with Crippen molar-refractivity contribution in [3.8, 4) is 23.3 Å². The van der Waals surface area contributed by atoms with Gasteiger partial charge in [0.25, 0.3) is 0 Å². The van der Waals surface area contributed by atoms with E-state index in [1.807, 2.05) is 56.3 Å². The highest BCUT2D eigenvalue weighted by Gasteiger charge is 2.07. The van der Waals surface area contributed by atoms with Crippen molar-refractivity contribution in [3.63, 3.8) is 0 Å². The van der Waals surface area contributed by atoms with Gasteiger partial charge < -0.3 is 14.2 Å². The van der Waals surface area contributed by atoms with Crippen molar-refractivity contribution in [1.29, 1.82) is 5.26 Å². The smallest absolute Gasteiger partial charge is 0.244 e. The van der Waals surface area contributed by atoms with Gasteiger partial charge in [-0.15, -0.1) is 0 Å². The Labute approximate surface area is 199 Å². The van der Waals surface area contributed by atoms with Crippen LogP contribution < -0.4 is 19.6 Å². The Kier molecular flexibility index (Phi) is 9.06. The highest BCUT2D eigenvalue weighted by atomic mass is 16.5. The third kappa shape index (κ3) is 7.38. The maximum absolute atomic E-state index is 12.2. The Morgan fingerprint density at radius 2 is 1.62 bits per heavy atom. The van der Waals surface area contributed by atoms with Crippen molar-refractivity contribution in [1.82, 2.24) is 5.43 Å². The van der Waals surface area contributed by atoms with Gasteiger partial charge in [-0.25, -0.2) is 5.43 Å². The first-order valence-electron chi connectivity index (χ1n) is 11.0. The van der Waals surface area contributed by atoms with Crippen molar-refractivity contribution < 1.29 is 19.0 Å². The van der Waals surface area contributed by atoms with E-state index in [0.29, 0.717) is 36.9 Å². The van der Waals surface area contributed by atoms with Crippen molar-refractivity contribution >= 4 is 12.1 Å². The molecule has 0 aliphatic heterocycles. The lowest BCUT2D eigenvalue weighted by molar-refractivity contribution is -0.120. The molecule has 3 aromatic rings. The highest BCUT2D eigenvalue weighted by molar-refractivity contribution is 5.84. The summed E-state index contributed by atoms with van der Waals surface area (Å²) < 4.78 is 17.0. The predicted octanol–water partition coefficient (Wildman–Crippen LogP) is 4.63. The second-order valence-corrected chi connectivity index (χ2v) is 7.28. The quantitative estimate of drug-likeness (QED) is 0.335. The van der Waals surface area contributed by atoms with E-state index in [2.05, 4.69) is 16.6 Å². The first-order valence-corrected chi connectivity index (χ1v) is 11.0. The zero-order valence-corrected chi connectivity index (χ0v) is 19.3. The molecule has 1 N–H and O–H groups in total. The summed E-state index contributed by atoms with van der Waals surface area (Å²) >= 11 is 0. The van der Waals surface area contributed by atoms with Crippen LogP contribution >= 0.6 is 0 Å². The second-order valence-electron chi connectivity index (χ2n) is 7.28. The van der Waals surface area contributed by atoms with Crippen molar-refractivity contribution in [3.05, 3.63) is 89.0 Å². The monoisotopic (exact) mass is 457 g/mol. The topological polar surface area (TPSA) is 92.9 Å². The van der Waals surface area contributed by atoms with Gasteiger partial charge in [0.15, 0.2) is 11.5 Å². The number of rotatable bonds is 11. The number of hydrogen-bond acceptors (Lipinski definition) is 6. The lowest BCUT2D eigenvalue weighted by Crippen LogP contribution is -2.19. The molecule has 34 heavy (non-hydrogen) atoms. The van der Waals surface area contributed by atoms with E-state index >= 15 is 0 Å². The largest absolute Gasteiger partial charge is 0.494 e. The van der Waals surface area contributed by atoms with Crippen LogP contribution in [0.15, 0.2) is 71.8 Å². The SMILES string of the molecule is CCOc1ccc(CC(=O)N/N=C\c2ccc(OCc3ccc(C#N)cc3)c(OCC)c2)cc1. The number of hydrogen-bond donors (Lipinski definition) is 1. The normalized spacial score (nSPS) is 10.5. The van der Waals surface area contributed by atoms with Gasteiger partial charge in [-0.3, -0.25) is 4.79 Å². The molecule has 0 radical (unpaired) electrons. The third-order valence-electron chi connectivity index (χ3n) is 4.75. The molecule has 174 valence electrons. The number of hydrazone groups is 1. The molecular formula is C27H27N3O4. The average molecular weight is 458 g/mol. The van der Waals surface area contributed by atoms with Gasteiger partial charge in [0, 0.05) is 0 Å². The zero-order valence-electron chi connectivity index (χ0n) is 19.3. The molecule has 3 aromatic carbocycles. The molecule has 1 amide bonds. The first kappa shape index (κ1) is 24.3. The van der Waals surface area contributed by atoms with E-state index in [9.17, 15) is 4.79 Å². The Bertz CT molecular complexity index is 1150. The van der Waals surface area contributed by atoms with E-state index in [4.69, 9.17) is 19.5 Å². The molecular weight excluding hydrogens is 430 g/mol.